The van der Waals surface area contributed by atoms with Crippen LogP contribution in [0.4, 0.5) is 0 Å². The van der Waals surface area contributed by atoms with E-state index in [-0.39, 0.29) is 28.9 Å². The molecule has 3 fully saturated rings. The molecule has 0 aliphatic heterocycles. The van der Waals surface area contributed by atoms with Crippen LogP contribution < -0.4 is 5.73 Å². The van der Waals surface area contributed by atoms with E-state index in [4.69, 9.17) is 10.5 Å². The number of allylic oxidation sites excluding steroid dienone is 1. The highest BCUT2D eigenvalue weighted by Crippen LogP contribution is 2.67. The minimum Gasteiger partial charge on any atom is -0.382 e. The Kier molecular flexibility index (Phi) is 4.64. The number of nitrogens with two attached hydrogens (primary N) is 1. The van der Waals surface area contributed by atoms with Crippen molar-refractivity contribution in [1.82, 2.24) is 0 Å². The van der Waals surface area contributed by atoms with Crippen molar-refractivity contribution in [2.24, 2.45) is 34.3 Å². The molecule has 3 N–H and O–H groups in total. The molecule has 8 atom stereocenters. The van der Waals surface area contributed by atoms with Crippen molar-refractivity contribution in [1.29, 1.82) is 0 Å². The molecular formula is C23H37NO3. The molecule has 0 radical (unpaired) electrons. The first-order chi connectivity index (χ1) is 12.6. The van der Waals surface area contributed by atoms with Crippen LogP contribution in [0.3, 0.4) is 0 Å². The number of ether oxygens (including phenoxy) is 1. The Balaban J connectivity index is 1.61. The molecule has 4 nitrogen and oxygen atoms in total. The number of carbonyl (C=O) groups is 1. The van der Waals surface area contributed by atoms with E-state index in [1.807, 2.05) is 6.92 Å². The number of aliphatic hydroxyl groups is 1. The Morgan fingerprint density at radius 2 is 1.89 bits per heavy atom. The fraction of sp³-hybridized carbons (Fsp3) is 0.870. The highest BCUT2D eigenvalue weighted by Gasteiger charge is 2.65. The number of ketones is 1. The second kappa shape index (κ2) is 6.40. The van der Waals surface area contributed by atoms with Crippen LogP contribution in [0.5, 0.6) is 0 Å². The van der Waals surface area contributed by atoms with Gasteiger partial charge < -0.3 is 15.6 Å². The monoisotopic (exact) mass is 375 g/mol. The average molecular weight is 376 g/mol. The normalized spacial score (nSPS) is 50.2. The predicted molar refractivity (Wildman–Crippen MR) is 106 cm³/mol. The molecule has 0 amide bonds. The topological polar surface area (TPSA) is 72.5 Å². The summed E-state index contributed by atoms with van der Waals surface area (Å²) in [6, 6.07) is 0. The van der Waals surface area contributed by atoms with Crippen LogP contribution in [0.15, 0.2) is 11.6 Å². The third kappa shape index (κ3) is 2.70. The molecule has 4 heteroatoms. The Labute approximate surface area is 163 Å². The summed E-state index contributed by atoms with van der Waals surface area (Å²) in [6.07, 6.45) is 10.6. The van der Waals surface area contributed by atoms with Crippen LogP contribution in [0.1, 0.15) is 79.1 Å². The summed E-state index contributed by atoms with van der Waals surface area (Å²) in [5.74, 6) is 1.75. The average Bonchev–Trinajstić information content (AvgIpc) is 2.87. The summed E-state index contributed by atoms with van der Waals surface area (Å²) in [7, 11) is 0. The molecule has 0 aromatic heterocycles. The van der Waals surface area contributed by atoms with Gasteiger partial charge in [-0.05, 0) is 88.4 Å². The van der Waals surface area contributed by atoms with Gasteiger partial charge in [-0.1, -0.05) is 25.5 Å². The van der Waals surface area contributed by atoms with E-state index in [2.05, 4.69) is 19.9 Å². The van der Waals surface area contributed by atoms with Gasteiger partial charge in [0.1, 0.15) is 11.8 Å². The van der Waals surface area contributed by atoms with Crippen molar-refractivity contribution in [3.8, 4) is 0 Å². The molecular weight excluding hydrogens is 338 g/mol. The van der Waals surface area contributed by atoms with Gasteiger partial charge in [0.2, 0.25) is 0 Å². The number of fused-ring (bicyclic) bond motifs is 5. The minimum atomic E-state index is -1.11. The molecule has 3 saturated carbocycles. The maximum atomic E-state index is 12.3. The van der Waals surface area contributed by atoms with Gasteiger partial charge in [-0.3, -0.25) is 4.79 Å². The van der Waals surface area contributed by atoms with Gasteiger partial charge in [0.25, 0.3) is 0 Å². The summed E-state index contributed by atoms with van der Waals surface area (Å²) < 4.78 is 5.89. The van der Waals surface area contributed by atoms with E-state index in [1.165, 1.54) is 6.42 Å². The quantitative estimate of drug-likeness (QED) is 0.578. The zero-order valence-corrected chi connectivity index (χ0v) is 17.5. The molecule has 152 valence electrons. The first-order valence-electron chi connectivity index (χ1n) is 11.0. The van der Waals surface area contributed by atoms with Crippen LogP contribution >= 0.6 is 0 Å². The van der Waals surface area contributed by atoms with E-state index < -0.39 is 5.60 Å². The van der Waals surface area contributed by atoms with Crippen LogP contribution in [0.25, 0.3) is 0 Å². The standard InChI is InChI=1S/C23H37NO3/c1-14(25)23(26)12-9-20-18-6-5-16-13-17(27-15(2)24)7-10-21(16,3)19(18)8-11-22(20,23)4/h13,15,17-20,26H,5-12,24H2,1-4H3/t15?,17?,18-,19+,20+,21+,22+,23+/m1/s1. The Bertz CT molecular complexity index is 658. The van der Waals surface area contributed by atoms with Crippen LogP contribution in [0.2, 0.25) is 0 Å². The van der Waals surface area contributed by atoms with Crippen molar-refractivity contribution >= 4 is 5.78 Å². The third-order valence-electron chi connectivity index (χ3n) is 9.19. The Hall–Kier alpha value is -0.710. The first-order valence-corrected chi connectivity index (χ1v) is 11.0. The molecule has 4 aliphatic carbocycles. The first kappa shape index (κ1) is 19.6. The van der Waals surface area contributed by atoms with Crippen LogP contribution in [0, 0.1) is 28.6 Å². The summed E-state index contributed by atoms with van der Waals surface area (Å²) >= 11 is 0. The van der Waals surface area contributed by atoms with E-state index in [0.717, 1.165) is 38.5 Å². The highest BCUT2D eigenvalue weighted by atomic mass is 16.5. The summed E-state index contributed by atoms with van der Waals surface area (Å²) in [5, 5.41) is 11.2. The van der Waals surface area contributed by atoms with Gasteiger partial charge in [0.05, 0.1) is 6.10 Å². The van der Waals surface area contributed by atoms with E-state index in [1.54, 1.807) is 12.5 Å². The summed E-state index contributed by atoms with van der Waals surface area (Å²) in [4.78, 5) is 12.3. The fourth-order valence-electron chi connectivity index (χ4n) is 7.67. The third-order valence-corrected chi connectivity index (χ3v) is 9.19. The number of carbonyl (C=O) groups excluding carboxylic acids is 1. The molecule has 0 aromatic rings. The lowest BCUT2D eigenvalue weighted by atomic mass is 9.46. The smallest absolute Gasteiger partial charge is 0.161 e. The minimum absolute atomic E-state index is 0.0258. The maximum Gasteiger partial charge on any atom is 0.161 e. The summed E-state index contributed by atoms with van der Waals surface area (Å²) in [5.41, 5.74) is 6.32. The van der Waals surface area contributed by atoms with Gasteiger partial charge in [0.15, 0.2) is 5.78 Å². The predicted octanol–water partition coefficient (Wildman–Crippen LogP) is 3.96. The molecule has 0 spiro atoms. The molecule has 27 heavy (non-hydrogen) atoms. The van der Waals surface area contributed by atoms with E-state index >= 15 is 0 Å². The molecule has 0 aromatic carbocycles. The molecule has 4 aliphatic rings. The summed E-state index contributed by atoms with van der Waals surface area (Å²) in [6.45, 7) is 8.15. The second-order valence-electron chi connectivity index (χ2n) is 10.4. The second-order valence-corrected chi connectivity index (χ2v) is 10.4. The number of Topliss-reactive ketones (excluding diaryl/α,β-unsaturated/α-hetero) is 1. The van der Waals surface area contributed by atoms with Crippen LogP contribution in [-0.4, -0.2) is 28.8 Å². The lowest BCUT2D eigenvalue weighted by molar-refractivity contribution is -0.160. The van der Waals surface area contributed by atoms with Gasteiger partial charge in [-0.15, -0.1) is 0 Å². The van der Waals surface area contributed by atoms with Crippen molar-refractivity contribution in [3.63, 3.8) is 0 Å². The van der Waals surface area contributed by atoms with Gasteiger partial charge >= 0.3 is 0 Å². The molecule has 4 rings (SSSR count). The zero-order chi connectivity index (χ0) is 19.6. The Morgan fingerprint density at radius 1 is 1.19 bits per heavy atom. The van der Waals surface area contributed by atoms with Crippen molar-refractivity contribution in [2.75, 3.05) is 0 Å². The van der Waals surface area contributed by atoms with Gasteiger partial charge in [-0.2, -0.15) is 0 Å². The van der Waals surface area contributed by atoms with Gasteiger partial charge in [-0.25, -0.2) is 0 Å². The van der Waals surface area contributed by atoms with Gasteiger partial charge in [0, 0.05) is 5.41 Å². The lowest BCUT2D eigenvalue weighted by Crippen LogP contribution is -2.57. The number of hydrogen-bond acceptors (Lipinski definition) is 4. The molecule has 0 bridgehead atoms. The maximum absolute atomic E-state index is 12.3. The highest BCUT2D eigenvalue weighted by molar-refractivity contribution is 5.86. The molecule has 2 unspecified atom stereocenters. The number of rotatable bonds is 3. The molecule has 0 saturated heterocycles. The fourth-order valence-corrected chi connectivity index (χ4v) is 7.67. The van der Waals surface area contributed by atoms with Crippen molar-refractivity contribution in [3.05, 3.63) is 11.6 Å². The van der Waals surface area contributed by atoms with E-state index in [0.29, 0.717) is 24.2 Å². The van der Waals surface area contributed by atoms with E-state index in [9.17, 15) is 9.90 Å². The lowest BCUT2D eigenvalue weighted by Gasteiger charge is -2.59. The van der Waals surface area contributed by atoms with Crippen molar-refractivity contribution < 1.29 is 14.6 Å². The van der Waals surface area contributed by atoms with Crippen molar-refractivity contribution in [2.45, 2.75) is 97.0 Å². The molecule has 0 heterocycles. The SMILES string of the molecule is CC(=O)[C@@]1(O)CC[C@H]2[C@@H]3CCC4=CC(OC(C)N)CC[C@]4(C)[C@H]3CC[C@@]21C. The Morgan fingerprint density at radius 3 is 2.56 bits per heavy atom. The largest absolute Gasteiger partial charge is 0.382 e. The zero-order valence-electron chi connectivity index (χ0n) is 17.5. The van der Waals surface area contributed by atoms with Crippen LogP contribution in [-0.2, 0) is 9.53 Å². The number of hydrogen-bond donors (Lipinski definition) is 2.